The molecule has 0 saturated heterocycles. The number of thioether (sulfide) groups is 1. The highest BCUT2D eigenvalue weighted by Gasteiger charge is 2.25. The number of nitrogens with one attached hydrogen (secondary N) is 1. The van der Waals surface area contributed by atoms with Gasteiger partial charge in [0.25, 0.3) is 11.8 Å². The van der Waals surface area contributed by atoms with Gasteiger partial charge < -0.3 is 15.8 Å². The van der Waals surface area contributed by atoms with E-state index >= 15 is 0 Å². The van der Waals surface area contributed by atoms with E-state index in [1.165, 1.54) is 18.4 Å². The Balaban J connectivity index is 1.94. The average molecular weight is 377 g/mol. The molecule has 1 heterocycles. The summed E-state index contributed by atoms with van der Waals surface area (Å²) in [6, 6.07) is 5.43. The normalized spacial score (nSPS) is 13.2. The Hall–Kier alpha value is -1.99. The fourth-order valence-electron chi connectivity index (χ4n) is 3.07. The van der Waals surface area contributed by atoms with Crippen molar-refractivity contribution in [2.24, 2.45) is 5.73 Å². The van der Waals surface area contributed by atoms with Gasteiger partial charge in [0.15, 0.2) is 0 Å². The minimum Gasteiger partial charge on any atom is -0.496 e. The first kappa shape index (κ1) is 17.8. The van der Waals surface area contributed by atoms with Crippen LogP contribution in [0.15, 0.2) is 23.1 Å². The smallest absolute Gasteiger partial charge is 0.260 e. The lowest BCUT2D eigenvalue weighted by atomic mass is 9.95. The van der Waals surface area contributed by atoms with Crippen molar-refractivity contribution in [1.82, 2.24) is 0 Å². The monoisotopic (exact) mass is 376 g/mol. The first-order valence-corrected chi connectivity index (χ1v) is 10.1. The number of carbonyl (C=O) groups excluding carboxylic acids is 2. The number of hydrogen-bond acceptors (Lipinski definition) is 5. The van der Waals surface area contributed by atoms with Crippen LogP contribution in [0.5, 0.6) is 5.75 Å². The van der Waals surface area contributed by atoms with Gasteiger partial charge in [0.2, 0.25) is 0 Å². The summed E-state index contributed by atoms with van der Waals surface area (Å²) in [6.45, 7) is 0. The molecule has 0 spiro atoms. The topological polar surface area (TPSA) is 81.4 Å². The molecule has 1 aromatic carbocycles. The lowest BCUT2D eigenvalue weighted by Gasteiger charge is -2.12. The number of aryl methyl sites for hydroxylation is 1. The number of thiophene rings is 1. The van der Waals surface area contributed by atoms with Crippen molar-refractivity contribution in [3.63, 3.8) is 0 Å². The highest BCUT2D eigenvalue weighted by molar-refractivity contribution is 7.98. The van der Waals surface area contributed by atoms with E-state index < -0.39 is 5.91 Å². The summed E-state index contributed by atoms with van der Waals surface area (Å²) in [6.07, 6.45) is 5.88. The molecule has 0 unspecified atom stereocenters. The lowest BCUT2D eigenvalue weighted by Crippen LogP contribution is -2.19. The SMILES string of the molecule is COc1cc(SC)ccc1C(=O)Nc1sc2c(c1C(N)=O)CCCC2. The van der Waals surface area contributed by atoms with E-state index in [2.05, 4.69) is 5.32 Å². The molecule has 3 N–H and O–H groups in total. The van der Waals surface area contributed by atoms with Crippen molar-refractivity contribution in [3.05, 3.63) is 39.8 Å². The Morgan fingerprint density at radius 3 is 2.72 bits per heavy atom. The van der Waals surface area contributed by atoms with E-state index in [0.717, 1.165) is 41.0 Å². The van der Waals surface area contributed by atoms with Crippen LogP contribution in [0.1, 0.15) is 44.0 Å². The molecule has 2 amide bonds. The van der Waals surface area contributed by atoms with Crippen molar-refractivity contribution in [2.75, 3.05) is 18.7 Å². The highest BCUT2D eigenvalue weighted by Crippen LogP contribution is 2.38. The summed E-state index contributed by atoms with van der Waals surface area (Å²) in [5.74, 6) is -0.281. The van der Waals surface area contributed by atoms with E-state index in [4.69, 9.17) is 10.5 Å². The molecule has 7 heteroatoms. The molecule has 0 atom stereocenters. The van der Waals surface area contributed by atoms with Crippen molar-refractivity contribution in [1.29, 1.82) is 0 Å². The summed E-state index contributed by atoms with van der Waals surface area (Å²) in [4.78, 5) is 26.8. The van der Waals surface area contributed by atoms with E-state index in [1.807, 2.05) is 18.4 Å². The number of primary amides is 1. The van der Waals surface area contributed by atoms with Gasteiger partial charge in [-0.2, -0.15) is 0 Å². The predicted octanol–water partition coefficient (Wildman–Crippen LogP) is 3.71. The maximum atomic E-state index is 12.7. The number of ether oxygens (including phenoxy) is 1. The van der Waals surface area contributed by atoms with Crippen LogP contribution in [0.25, 0.3) is 0 Å². The van der Waals surface area contributed by atoms with Gasteiger partial charge in [-0.15, -0.1) is 23.1 Å². The minimum atomic E-state index is -0.487. The third-order valence-electron chi connectivity index (χ3n) is 4.30. The molecular formula is C18H20N2O3S2. The van der Waals surface area contributed by atoms with Crippen LogP contribution in [-0.2, 0) is 12.8 Å². The predicted molar refractivity (Wildman–Crippen MR) is 102 cm³/mol. The number of fused-ring (bicyclic) bond motifs is 1. The third kappa shape index (κ3) is 3.52. The fourth-order valence-corrected chi connectivity index (χ4v) is 4.79. The van der Waals surface area contributed by atoms with Crippen LogP contribution in [0.3, 0.4) is 0 Å². The Morgan fingerprint density at radius 1 is 1.28 bits per heavy atom. The summed E-state index contributed by atoms with van der Waals surface area (Å²) < 4.78 is 5.34. The number of anilines is 1. The first-order chi connectivity index (χ1) is 12.0. The maximum Gasteiger partial charge on any atom is 0.260 e. The molecule has 1 aromatic heterocycles. The molecule has 1 aliphatic rings. The molecular weight excluding hydrogens is 356 g/mol. The van der Waals surface area contributed by atoms with Crippen LogP contribution in [0.4, 0.5) is 5.00 Å². The minimum absolute atomic E-state index is 0.300. The molecule has 25 heavy (non-hydrogen) atoms. The highest BCUT2D eigenvalue weighted by atomic mass is 32.2. The molecule has 0 aliphatic heterocycles. The molecule has 0 bridgehead atoms. The van der Waals surface area contributed by atoms with Gasteiger partial charge in [-0.25, -0.2) is 0 Å². The zero-order valence-electron chi connectivity index (χ0n) is 14.2. The Kier molecular flexibility index (Phi) is 5.34. The summed E-state index contributed by atoms with van der Waals surface area (Å²) >= 11 is 3.03. The maximum absolute atomic E-state index is 12.7. The number of carbonyl (C=O) groups is 2. The number of amides is 2. The first-order valence-electron chi connectivity index (χ1n) is 8.03. The molecule has 5 nitrogen and oxygen atoms in total. The summed E-state index contributed by atoms with van der Waals surface area (Å²) in [5, 5.41) is 3.41. The fraction of sp³-hybridized carbons (Fsp3) is 0.333. The number of hydrogen-bond donors (Lipinski definition) is 2. The number of rotatable bonds is 5. The average Bonchev–Trinajstić information content (AvgIpc) is 2.98. The van der Waals surface area contributed by atoms with Crippen LogP contribution in [-0.4, -0.2) is 25.2 Å². The second-order valence-electron chi connectivity index (χ2n) is 5.80. The van der Waals surface area contributed by atoms with Crippen LogP contribution in [0, 0.1) is 0 Å². The number of benzene rings is 1. The van der Waals surface area contributed by atoms with Crippen LogP contribution in [0.2, 0.25) is 0 Å². The summed E-state index contributed by atoms with van der Waals surface area (Å²) in [5.41, 5.74) is 7.48. The molecule has 0 saturated carbocycles. The second kappa shape index (κ2) is 7.49. The molecule has 1 aliphatic carbocycles. The van der Waals surface area contributed by atoms with Gasteiger partial charge in [0.1, 0.15) is 10.8 Å². The molecule has 0 fully saturated rings. The van der Waals surface area contributed by atoms with Gasteiger partial charge in [0, 0.05) is 9.77 Å². The van der Waals surface area contributed by atoms with Crippen molar-refractivity contribution >= 4 is 39.9 Å². The second-order valence-corrected chi connectivity index (χ2v) is 7.78. The third-order valence-corrected chi connectivity index (χ3v) is 6.23. The molecule has 132 valence electrons. The van der Waals surface area contributed by atoms with Gasteiger partial charge in [-0.3, -0.25) is 9.59 Å². The molecule has 0 radical (unpaired) electrons. The van der Waals surface area contributed by atoms with Crippen molar-refractivity contribution < 1.29 is 14.3 Å². The van der Waals surface area contributed by atoms with E-state index in [1.54, 1.807) is 17.8 Å². The van der Waals surface area contributed by atoms with Crippen molar-refractivity contribution in [3.8, 4) is 5.75 Å². The zero-order valence-corrected chi connectivity index (χ0v) is 15.8. The Morgan fingerprint density at radius 2 is 2.04 bits per heavy atom. The molecule has 3 rings (SSSR count). The lowest BCUT2D eigenvalue weighted by molar-refractivity contribution is 0.100. The van der Waals surface area contributed by atoms with Crippen LogP contribution >= 0.6 is 23.1 Å². The number of methoxy groups -OCH3 is 1. The Labute approximate surface area is 154 Å². The quantitative estimate of drug-likeness (QED) is 0.780. The van der Waals surface area contributed by atoms with Gasteiger partial charge in [0.05, 0.1) is 18.2 Å². The Bertz CT molecular complexity index is 830. The molecule has 2 aromatic rings. The van der Waals surface area contributed by atoms with Crippen LogP contribution < -0.4 is 15.8 Å². The van der Waals surface area contributed by atoms with E-state index in [0.29, 0.717) is 21.9 Å². The van der Waals surface area contributed by atoms with Gasteiger partial charge >= 0.3 is 0 Å². The standard InChI is InChI=1S/C18H20N2O3S2/c1-23-13-9-10(24-2)7-8-11(13)17(22)20-18-15(16(19)21)12-5-3-4-6-14(12)25-18/h7-9H,3-6H2,1-2H3,(H2,19,21)(H,20,22). The van der Waals surface area contributed by atoms with Gasteiger partial charge in [-0.05, 0) is 55.7 Å². The van der Waals surface area contributed by atoms with Gasteiger partial charge in [-0.1, -0.05) is 0 Å². The number of nitrogens with two attached hydrogens (primary N) is 1. The largest absolute Gasteiger partial charge is 0.496 e. The van der Waals surface area contributed by atoms with E-state index in [-0.39, 0.29) is 5.91 Å². The van der Waals surface area contributed by atoms with Crippen molar-refractivity contribution in [2.45, 2.75) is 30.6 Å². The zero-order chi connectivity index (χ0) is 18.0. The van der Waals surface area contributed by atoms with E-state index in [9.17, 15) is 9.59 Å². The summed E-state index contributed by atoms with van der Waals surface area (Å²) in [7, 11) is 1.54.